The van der Waals surface area contributed by atoms with Crippen LogP contribution in [0.5, 0.6) is 0 Å². The molecule has 0 spiro atoms. The van der Waals surface area contributed by atoms with Crippen molar-refractivity contribution in [1.82, 2.24) is 4.98 Å². The van der Waals surface area contributed by atoms with Gasteiger partial charge in [0, 0.05) is 23.4 Å². The van der Waals surface area contributed by atoms with Crippen LogP contribution in [0, 0.1) is 0 Å². The van der Waals surface area contributed by atoms with Crippen molar-refractivity contribution in [2.24, 2.45) is 0 Å². The highest BCUT2D eigenvalue weighted by Crippen LogP contribution is 2.25. The van der Waals surface area contributed by atoms with Gasteiger partial charge in [0.25, 0.3) is 5.91 Å². The maximum absolute atomic E-state index is 12.2. The molecule has 2 rings (SSSR count). The number of hydrogen-bond donors (Lipinski definition) is 1. The summed E-state index contributed by atoms with van der Waals surface area (Å²) < 4.78 is 0. The van der Waals surface area contributed by atoms with Crippen LogP contribution in [0.15, 0.2) is 43.1 Å². The molecule has 0 bridgehead atoms. The van der Waals surface area contributed by atoms with Gasteiger partial charge in [0.2, 0.25) is 0 Å². The summed E-state index contributed by atoms with van der Waals surface area (Å²) in [6.07, 6.45) is 3.81. The summed E-state index contributed by atoms with van der Waals surface area (Å²) in [6, 6.07) is 7.64. The summed E-state index contributed by atoms with van der Waals surface area (Å²) in [5.41, 5.74) is 1.84. The van der Waals surface area contributed by atoms with Crippen molar-refractivity contribution < 1.29 is 9.90 Å². The highest BCUT2D eigenvalue weighted by molar-refractivity contribution is 7.11. The molecule has 1 aromatic carbocycles. The lowest BCUT2D eigenvalue weighted by Gasteiger charge is -2.20. The van der Waals surface area contributed by atoms with Gasteiger partial charge in [-0.25, -0.2) is 4.98 Å². The van der Waals surface area contributed by atoms with Crippen molar-refractivity contribution in [3.05, 3.63) is 58.6 Å². The Balaban J connectivity index is 2.22. The van der Waals surface area contributed by atoms with Crippen LogP contribution >= 0.6 is 11.3 Å². The minimum absolute atomic E-state index is 0.117. The molecule has 1 aromatic heterocycles. The van der Waals surface area contributed by atoms with E-state index in [2.05, 4.69) is 25.4 Å². The van der Waals surface area contributed by atoms with E-state index >= 15 is 0 Å². The second-order valence-electron chi connectivity index (χ2n) is 5.58. The zero-order valence-corrected chi connectivity index (χ0v) is 14.3. The fourth-order valence-electron chi connectivity index (χ4n) is 2.18. The lowest BCUT2D eigenvalue weighted by Crippen LogP contribution is -2.28. The molecular formula is C18H22N2O2S. The highest BCUT2D eigenvalue weighted by Gasteiger charge is 2.16. The van der Waals surface area contributed by atoms with E-state index in [0.29, 0.717) is 18.9 Å². The third-order valence-electron chi connectivity index (χ3n) is 3.52. The Bertz CT molecular complexity index is 662. The molecule has 5 heteroatoms. The second-order valence-corrected chi connectivity index (χ2v) is 6.73. The van der Waals surface area contributed by atoms with Gasteiger partial charge >= 0.3 is 0 Å². The minimum Gasteiger partial charge on any atom is -0.396 e. The minimum atomic E-state index is -0.152. The molecule has 0 saturated heterocycles. The van der Waals surface area contributed by atoms with Gasteiger partial charge in [0.15, 0.2) is 0 Å². The van der Waals surface area contributed by atoms with Gasteiger partial charge in [-0.3, -0.25) is 4.79 Å². The quantitative estimate of drug-likeness (QED) is 0.790. The fourth-order valence-corrected chi connectivity index (χ4v) is 3.09. The van der Waals surface area contributed by atoms with E-state index in [0.717, 1.165) is 16.3 Å². The van der Waals surface area contributed by atoms with Crippen molar-refractivity contribution >= 4 is 22.9 Å². The summed E-state index contributed by atoms with van der Waals surface area (Å²) >= 11 is 1.63. The molecule has 23 heavy (non-hydrogen) atoms. The molecule has 1 heterocycles. The summed E-state index contributed by atoms with van der Waals surface area (Å²) in [5, 5.41) is 9.89. The van der Waals surface area contributed by atoms with Crippen LogP contribution in [0.1, 0.15) is 35.2 Å². The molecule has 0 unspecified atom stereocenters. The first-order valence-corrected chi connectivity index (χ1v) is 8.45. The van der Waals surface area contributed by atoms with Crippen LogP contribution in [0.3, 0.4) is 0 Å². The second kappa shape index (κ2) is 8.04. The maximum Gasteiger partial charge on any atom is 0.250 e. The van der Waals surface area contributed by atoms with E-state index in [-0.39, 0.29) is 12.5 Å². The molecule has 2 aromatic rings. The molecule has 0 radical (unpaired) electrons. The van der Waals surface area contributed by atoms with Gasteiger partial charge in [-0.05, 0) is 36.1 Å². The van der Waals surface area contributed by atoms with E-state index in [1.165, 1.54) is 11.0 Å². The van der Waals surface area contributed by atoms with Crippen molar-refractivity contribution in [1.29, 1.82) is 0 Å². The molecular weight excluding hydrogens is 308 g/mol. The first-order chi connectivity index (χ1) is 11.0. The Labute approximate surface area is 141 Å². The average Bonchev–Trinajstić information content (AvgIpc) is 3.02. The standard InChI is InChI=1S/C18H22N2O2S/c1-4-18(22)20(12-17-19-11-16(23-17)13(2)3)15-7-5-14(6-8-15)9-10-21/h4-8,11,13,21H,1,9-10,12H2,2-3H3. The summed E-state index contributed by atoms with van der Waals surface area (Å²) in [7, 11) is 0. The molecule has 0 fully saturated rings. The Morgan fingerprint density at radius 3 is 2.61 bits per heavy atom. The number of thiazole rings is 1. The largest absolute Gasteiger partial charge is 0.396 e. The van der Waals surface area contributed by atoms with Gasteiger partial charge in [-0.15, -0.1) is 11.3 Å². The third-order valence-corrected chi connectivity index (χ3v) is 4.81. The molecule has 0 saturated carbocycles. The number of aromatic nitrogens is 1. The Morgan fingerprint density at radius 2 is 2.09 bits per heavy atom. The molecule has 0 aliphatic carbocycles. The number of benzene rings is 1. The first-order valence-electron chi connectivity index (χ1n) is 7.63. The lowest BCUT2D eigenvalue weighted by molar-refractivity contribution is -0.114. The van der Waals surface area contributed by atoms with Gasteiger partial charge in [-0.2, -0.15) is 0 Å². The van der Waals surface area contributed by atoms with E-state index in [4.69, 9.17) is 5.11 Å². The van der Waals surface area contributed by atoms with Crippen molar-refractivity contribution in [2.75, 3.05) is 11.5 Å². The van der Waals surface area contributed by atoms with E-state index in [9.17, 15) is 4.79 Å². The van der Waals surface area contributed by atoms with E-state index < -0.39 is 0 Å². The zero-order valence-electron chi connectivity index (χ0n) is 13.5. The van der Waals surface area contributed by atoms with Gasteiger partial charge < -0.3 is 10.0 Å². The average molecular weight is 330 g/mol. The molecule has 1 amide bonds. The molecule has 0 atom stereocenters. The van der Waals surface area contributed by atoms with Crippen LogP contribution in [-0.2, 0) is 17.8 Å². The van der Waals surface area contributed by atoms with Crippen LogP contribution in [0.25, 0.3) is 0 Å². The summed E-state index contributed by atoms with van der Waals surface area (Å²) in [6.45, 7) is 8.39. The number of hydrogen-bond acceptors (Lipinski definition) is 4. The van der Waals surface area contributed by atoms with Crippen molar-refractivity contribution in [3.63, 3.8) is 0 Å². The molecule has 0 aliphatic rings. The Kier molecular flexibility index (Phi) is 6.07. The van der Waals surface area contributed by atoms with Crippen LogP contribution in [-0.4, -0.2) is 22.6 Å². The zero-order chi connectivity index (χ0) is 16.8. The van der Waals surface area contributed by atoms with Gasteiger partial charge in [-0.1, -0.05) is 32.6 Å². The van der Waals surface area contributed by atoms with Gasteiger partial charge in [0.05, 0.1) is 6.54 Å². The number of rotatable bonds is 7. The smallest absolute Gasteiger partial charge is 0.250 e. The predicted molar refractivity (Wildman–Crippen MR) is 94.8 cm³/mol. The molecule has 122 valence electrons. The number of aliphatic hydroxyl groups excluding tert-OH is 1. The van der Waals surface area contributed by atoms with Crippen molar-refractivity contribution in [3.8, 4) is 0 Å². The third kappa shape index (κ3) is 4.50. The lowest BCUT2D eigenvalue weighted by atomic mass is 10.1. The Hall–Kier alpha value is -1.98. The van der Waals surface area contributed by atoms with E-state index in [1.54, 1.807) is 16.2 Å². The monoisotopic (exact) mass is 330 g/mol. The predicted octanol–water partition coefficient (Wildman–Crippen LogP) is 3.52. The molecule has 1 N–H and O–H groups in total. The number of carbonyl (C=O) groups is 1. The number of aliphatic hydroxyl groups is 1. The summed E-state index contributed by atoms with van der Waals surface area (Å²) in [5.74, 6) is 0.281. The fraction of sp³-hybridized carbons (Fsp3) is 0.333. The van der Waals surface area contributed by atoms with Crippen LogP contribution in [0.2, 0.25) is 0 Å². The molecule has 0 aliphatic heterocycles. The number of carbonyl (C=O) groups excluding carboxylic acids is 1. The summed E-state index contributed by atoms with van der Waals surface area (Å²) in [4.78, 5) is 19.5. The number of nitrogens with zero attached hydrogens (tertiary/aromatic N) is 2. The van der Waals surface area contributed by atoms with Crippen LogP contribution < -0.4 is 4.90 Å². The SMILES string of the molecule is C=CC(=O)N(Cc1ncc(C(C)C)s1)c1ccc(CCO)cc1. The maximum atomic E-state index is 12.2. The Morgan fingerprint density at radius 1 is 1.39 bits per heavy atom. The van der Waals surface area contributed by atoms with Crippen LogP contribution in [0.4, 0.5) is 5.69 Å². The van der Waals surface area contributed by atoms with Gasteiger partial charge in [0.1, 0.15) is 5.01 Å². The molecule has 4 nitrogen and oxygen atoms in total. The number of anilines is 1. The van der Waals surface area contributed by atoms with E-state index in [1.807, 2.05) is 30.5 Å². The highest BCUT2D eigenvalue weighted by atomic mass is 32.1. The topological polar surface area (TPSA) is 53.4 Å². The van der Waals surface area contributed by atoms with Crippen molar-refractivity contribution in [2.45, 2.75) is 32.7 Å². The normalized spacial score (nSPS) is 10.8. The number of amides is 1. The first kappa shape index (κ1) is 17.4.